The van der Waals surface area contributed by atoms with E-state index < -0.39 is 6.04 Å². The van der Waals surface area contributed by atoms with Gasteiger partial charge in [-0.1, -0.05) is 23.7 Å². The van der Waals surface area contributed by atoms with Crippen LogP contribution in [0.2, 0.25) is 5.02 Å². The zero-order valence-corrected chi connectivity index (χ0v) is 21.0. The molecule has 2 aromatic heterocycles. The van der Waals surface area contributed by atoms with Gasteiger partial charge in [0.05, 0.1) is 11.3 Å². The van der Waals surface area contributed by atoms with Crippen molar-refractivity contribution in [3.8, 4) is 0 Å². The van der Waals surface area contributed by atoms with E-state index in [2.05, 4.69) is 20.6 Å². The summed E-state index contributed by atoms with van der Waals surface area (Å²) in [5.74, 6) is -0.415. The monoisotopic (exact) mass is 517 g/mol. The molecule has 0 bridgehead atoms. The largest absolute Gasteiger partial charge is 0.348 e. The summed E-state index contributed by atoms with van der Waals surface area (Å²) in [6, 6.07) is 15.1. The third-order valence-electron chi connectivity index (χ3n) is 7.07. The molecule has 1 aromatic carbocycles. The third-order valence-corrected chi connectivity index (χ3v) is 7.31. The molecular formula is C28H28ClN5O3. The van der Waals surface area contributed by atoms with Crippen molar-refractivity contribution in [2.75, 3.05) is 11.9 Å². The highest BCUT2D eigenvalue weighted by atomic mass is 35.5. The van der Waals surface area contributed by atoms with E-state index in [1.165, 1.54) is 0 Å². The quantitative estimate of drug-likeness (QED) is 0.511. The minimum Gasteiger partial charge on any atom is -0.348 e. The van der Waals surface area contributed by atoms with Crippen molar-refractivity contribution in [1.29, 1.82) is 0 Å². The highest BCUT2D eigenvalue weighted by Crippen LogP contribution is 2.31. The van der Waals surface area contributed by atoms with Crippen molar-refractivity contribution in [3.05, 3.63) is 89.0 Å². The number of rotatable bonds is 6. The Hall–Kier alpha value is -3.78. The molecule has 0 unspecified atom stereocenters. The van der Waals surface area contributed by atoms with E-state index in [1.807, 2.05) is 18.2 Å². The summed E-state index contributed by atoms with van der Waals surface area (Å²) < 4.78 is 0. The molecule has 3 aromatic rings. The van der Waals surface area contributed by atoms with Crippen LogP contribution in [0, 0.1) is 5.92 Å². The van der Waals surface area contributed by atoms with Gasteiger partial charge in [-0.3, -0.25) is 24.4 Å². The van der Waals surface area contributed by atoms with Gasteiger partial charge in [0.25, 0.3) is 11.8 Å². The van der Waals surface area contributed by atoms with E-state index in [9.17, 15) is 14.4 Å². The van der Waals surface area contributed by atoms with Gasteiger partial charge in [-0.25, -0.2) is 0 Å². The Bertz CT molecular complexity index is 1280. The SMILES string of the molecule is O=C(N[C@H]1CC[C@H](CN2C(=O)c3ccc(Cl)cc3NC(=O)[C@H]2Cc2ccccn2)CC1)c1ccccn1. The number of aromatic nitrogens is 2. The first-order valence-electron chi connectivity index (χ1n) is 12.5. The number of carbonyl (C=O) groups is 3. The van der Waals surface area contributed by atoms with E-state index in [4.69, 9.17) is 11.6 Å². The average Bonchev–Trinajstić information content (AvgIpc) is 3.00. The zero-order valence-electron chi connectivity index (χ0n) is 20.3. The first kappa shape index (κ1) is 24.9. The van der Waals surface area contributed by atoms with Gasteiger partial charge >= 0.3 is 0 Å². The van der Waals surface area contributed by atoms with E-state index in [0.29, 0.717) is 34.9 Å². The standard InChI is InChI=1S/C28H28ClN5O3/c29-19-9-12-22-24(15-19)33-27(36)25(16-21-5-1-3-13-30-21)34(28(22)37)17-18-7-10-20(11-8-18)32-26(35)23-6-2-4-14-31-23/h1-6,9,12-15,18,20,25H,7-8,10-11,16-17H2,(H,32,35)(H,33,36)/t18-,20-,25-/m1/s1. The van der Waals surface area contributed by atoms with Crippen molar-refractivity contribution >= 4 is 35.0 Å². The Morgan fingerprint density at radius 3 is 2.46 bits per heavy atom. The first-order valence-corrected chi connectivity index (χ1v) is 12.9. The van der Waals surface area contributed by atoms with Crippen LogP contribution >= 0.6 is 11.6 Å². The molecule has 1 aliphatic heterocycles. The van der Waals surface area contributed by atoms with Gasteiger partial charge in [-0.05, 0) is 74.1 Å². The minimum atomic E-state index is -0.699. The number of fused-ring (bicyclic) bond motifs is 1. The van der Waals surface area contributed by atoms with E-state index in [0.717, 1.165) is 31.4 Å². The molecule has 2 aliphatic rings. The predicted molar refractivity (Wildman–Crippen MR) is 140 cm³/mol. The highest BCUT2D eigenvalue weighted by molar-refractivity contribution is 6.31. The van der Waals surface area contributed by atoms with Gasteiger partial charge in [0.1, 0.15) is 11.7 Å². The predicted octanol–water partition coefficient (Wildman–Crippen LogP) is 4.12. The number of amides is 3. The van der Waals surface area contributed by atoms with Crippen molar-refractivity contribution in [3.63, 3.8) is 0 Å². The van der Waals surface area contributed by atoms with Crippen molar-refractivity contribution in [2.45, 2.75) is 44.2 Å². The molecular weight excluding hydrogens is 490 g/mol. The molecule has 1 saturated carbocycles. The van der Waals surface area contributed by atoms with Gasteiger partial charge < -0.3 is 15.5 Å². The summed E-state index contributed by atoms with van der Waals surface area (Å²) in [4.78, 5) is 49.8. The molecule has 8 nitrogen and oxygen atoms in total. The molecule has 9 heteroatoms. The van der Waals surface area contributed by atoms with Crippen LogP contribution in [0.1, 0.15) is 52.2 Å². The summed E-state index contributed by atoms with van der Waals surface area (Å²) in [5.41, 5.74) is 2.00. The number of nitrogens with one attached hydrogen (secondary N) is 2. The number of halogens is 1. The van der Waals surface area contributed by atoms with E-state index in [-0.39, 0.29) is 29.7 Å². The van der Waals surface area contributed by atoms with Gasteiger partial charge in [0, 0.05) is 42.1 Å². The lowest BCUT2D eigenvalue weighted by Crippen LogP contribution is -2.49. The zero-order chi connectivity index (χ0) is 25.8. The van der Waals surface area contributed by atoms with Crippen LogP contribution in [0.4, 0.5) is 5.69 Å². The fraction of sp³-hybridized carbons (Fsp3) is 0.321. The fourth-order valence-corrected chi connectivity index (χ4v) is 5.29. The lowest BCUT2D eigenvalue weighted by molar-refractivity contribution is -0.120. The number of nitrogens with zero attached hydrogens (tertiary/aromatic N) is 3. The summed E-state index contributed by atoms with van der Waals surface area (Å²) >= 11 is 6.15. The molecule has 37 heavy (non-hydrogen) atoms. The Labute approximate surface area is 220 Å². The average molecular weight is 518 g/mol. The van der Waals surface area contributed by atoms with Gasteiger partial charge in [-0.2, -0.15) is 0 Å². The molecule has 1 atom stereocenters. The number of pyridine rings is 2. The lowest BCUT2D eigenvalue weighted by Gasteiger charge is -2.35. The third kappa shape index (κ3) is 5.80. The fourth-order valence-electron chi connectivity index (χ4n) is 5.11. The van der Waals surface area contributed by atoms with Crippen LogP contribution in [-0.4, -0.2) is 51.2 Å². The number of hydrogen-bond donors (Lipinski definition) is 2. The Morgan fingerprint density at radius 2 is 1.76 bits per heavy atom. The van der Waals surface area contributed by atoms with Crippen molar-refractivity contribution in [1.82, 2.24) is 20.2 Å². The number of benzene rings is 1. The first-order chi connectivity index (χ1) is 18.0. The number of carbonyl (C=O) groups excluding carboxylic acids is 3. The molecule has 2 N–H and O–H groups in total. The molecule has 5 rings (SSSR count). The maximum atomic E-state index is 13.7. The topological polar surface area (TPSA) is 104 Å². The van der Waals surface area contributed by atoms with Crippen molar-refractivity contribution < 1.29 is 14.4 Å². The Balaban J connectivity index is 1.31. The number of anilines is 1. The maximum Gasteiger partial charge on any atom is 0.270 e. The minimum absolute atomic E-state index is 0.0565. The molecule has 1 aliphatic carbocycles. The molecule has 3 amide bonds. The Morgan fingerprint density at radius 1 is 1.00 bits per heavy atom. The summed E-state index contributed by atoms with van der Waals surface area (Å²) in [5, 5.41) is 6.44. The van der Waals surface area contributed by atoms with Crippen LogP contribution in [0.3, 0.4) is 0 Å². The van der Waals surface area contributed by atoms with Crippen LogP contribution in [0.25, 0.3) is 0 Å². The van der Waals surface area contributed by atoms with Gasteiger partial charge in [-0.15, -0.1) is 0 Å². The van der Waals surface area contributed by atoms with Crippen molar-refractivity contribution in [2.24, 2.45) is 5.92 Å². The van der Waals surface area contributed by atoms with E-state index >= 15 is 0 Å². The maximum absolute atomic E-state index is 13.7. The molecule has 0 radical (unpaired) electrons. The summed E-state index contributed by atoms with van der Waals surface area (Å²) in [6.45, 7) is 0.451. The van der Waals surface area contributed by atoms with Crippen LogP contribution in [0.5, 0.6) is 0 Å². The second-order valence-electron chi connectivity index (χ2n) is 9.58. The summed E-state index contributed by atoms with van der Waals surface area (Å²) in [6.07, 6.45) is 6.88. The molecule has 0 saturated heterocycles. The van der Waals surface area contributed by atoms with Gasteiger partial charge in [0.2, 0.25) is 5.91 Å². The molecule has 3 heterocycles. The van der Waals surface area contributed by atoms with E-state index in [1.54, 1.807) is 53.7 Å². The molecule has 0 spiro atoms. The second-order valence-corrected chi connectivity index (χ2v) is 10.0. The molecule has 1 fully saturated rings. The van der Waals surface area contributed by atoms with Crippen LogP contribution in [0.15, 0.2) is 67.0 Å². The normalized spacial score (nSPS) is 21.5. The summed E-state index contributed by atoms with van der Waals surface area (Å²) in [7, 11) is 0. The smallest absolute Gasteiger partial charge is 0.270 e. The second kappa shape index (κ2) is 11.1. The Kier molecular flexibility index (Phi) is 7.46. The molecule has 190 valence electrons. The van der Waals surface area contributed by atoms with Crippen LogP contribution in [-0.2, 0) is 11.2 Å². The van der Waals surface area contributed by atoms with Crippen LogP contribution < -0.4 is 10.6 Å². The highest BCUT2D eigenvalue weighted by Gasteiger charge is 2.37. The lowest BCUT2D eigenvalue weighted by atomic mass is 9.85. The van der Waals surface area contributed by atoms with Gasteiger partial charge in [0.15, 0.2) is 0 Å². The number of hydrogen-bond acceptors (Lipinski definition) is 5.